The van der Waals surface area contributed by atoms with Crippen LogP contribution in [0.2, 0.25) is 0 Å². The summed E-state index contributed by atoms with van der Waals surface area (Å²) in [7, 11) is 0. The lowest BCUT2D eigenvalue weighted by Gasteiger charge is -1.96. The second-order valence-corrected chi connectivity index (χ2v) is 2.99. The molecule has 0 aromatic carbocycles. The van der Waals surface area contributed by atoms with Gasteiger partial charge in [-0.25, -0.2) is 0 Å². The number of pyridine rings is 1. The Morgan fingerprint density at radius 3 is 3.25 bits per heavy atom. The summed E-state index contributed by atoms with van der Waals surface area (Å²) >= 11 is 0. The Morgan fingerprint density at radius 1 is 1.50 bits per heavy atom. The van der Waals surface area contributed by atoms with Crippen LogP contribution >= 0.6 is 0 Å². The van der Waals surface area contributed by atoms with Crippen molar-refractivity contribution >= 4 is 10.9 Å². The summed E-state index contributed by atoms with van der Waals surface area (Å²) in [5.41, 5.74) is 2.31. The summed E-state index contributed by atoms with van der Waals surface area (Å²) in [4.78, 5) is 7.46. The number of fused-ring (bicyclic) bond motifs is 1. The number of aromatic amines is 1. The van der Waals surface area contributed by atoms with Gasteiger partial charge in [0.2, 0.25) is 0 Å². The van der Waals surface area contributed by atoms with Crippen LogP contribution in [0.1, 0.15) is 19.0 Å². The highest BCUT2D eigenvalue weighted by Gasteiger charge is 1.96. The molecule has 2 aromatic heterocycles. The van der Waals surface area contributed by atoms with Crippen LogP contribution in [0.15, 0.2) is 24.5 Å². The summed E-state index contributed by atoms with van der Waals surface area (Å²) in [5, 5.41) is 1.26. The molecule has 0 amide bonds. The van der Waals surface area contributed by atoms with Gasteiger partial charge in [0.25, 0.3) is 0 Å². The summed E-state index contributed by atoms with van der Waals surface area (Å²) in [6.45, 7) is 2.17. The van der Waals surface area contributed by atoms with Crippen molar-refractivity contribution in [3.63, 3.8) is 0 Å². The molecule has 0 aliphatic carbocycles. The van der Waals surface area contributed by atoms with Gasteiger partial charge in [0.05, 0.1) is 11.7 Å². The lowest BCUT2D eigenvalue weighted by Crippen LogP contribution is -1.87. The van der Waals surface area contributed by atoms with E-state index in [-0.39, 0.29) is 0 Å². The molecule has 1 N–H and O–H groups in total. The van der Waals surface area contributed by atoms with E-state index in [1.54, 1.807) is 0 Å². The van der Waals surface area contributed by atoms with E-state index in [0.717, 1.165) is 18.4 Å². The van der Waals surface area contributed by atoms with E-state index in [4.69, 9.17) is 0 Å². The van der Waals surface area contributed by atoms with Gasteiger partial charge in [-0.2, -0.15) is 0 Å². The molecule has 2 aromatic rings. The Hall–Kier alpha value is -1.31. The minimum absolute atomic E-state index is 1.07. The third-order valence-electron chi connectivity index (χ3n) is 2.00. The molecule has 2 heteroatoms. The molecule has 0 saturated carbocycles. The number of nitrogens with zero attached hydrogens (tertiary/aromatic N) is 1. The Labute approximate surface area is 71.6 Å². The molecular formula is C10H12N2. The van der Waals surface area contributed by atoms with Crippen LogP contribution in [0.4, 0.5) is 0 Å². The smallest absolute Gasteiger partial charge is 0.0640 e. The topological polar surface area (TPSA) is 28.7 Å². The average molecular weight is 160 g/mol. The first-order chi connectivity index (χ1) is 5.90. The molecule has 0 aliphatic heterocycles. The highest BCUT2D eigenvalue weighted by molar-refractivity contribution is 5.78. The Kier molecular flexibility index (Phi) is 1.82. The van der Waals surface area contributed by atoms with Crippen molar-refractivity contribution in [2.24, 2.45) is 0 Å². The van der Waals surface area contributed by atoms with Gasteiger partial charge >= 0.3 is 0 Å². The molecule has 0 saturated heterocycles. The lowest BCUT2D eigenvalue weighted by molar-refractivity contribution is 0.886. The monoisotopic (exact) mass is 160 g/mol. The first kappa shape index (κ1) is 7.35. The molecule has 0 unspecified atom stereocenters. The van der Waals surface area contributed by atoms with Crippen molar-refractivity contribution in [2.45, 2.75) is 19.8 Å². The molecule has 2 rings (SSSR count). The molecule has 0 bridgehead atoms. The van der Waals surface area contributed by atoms with Gasteiger partial charge in [-0.15, -0.1) is 0 Å². The second kappa shape index (κ2) is 2.97. The summed E-state index contributed by atoms with van der Waals surface area (Å²) in [6, 6.07) is 4.23. The summed E-state index contributed by atoms with van der Waals surface area (Å²) in [6.07, 6.45) is 6.08. The molecular weight excluding hydrogens is 148 g/mol. The van der Waals surface area contributed by atoms with Crippen molar-refractivity contribution in [1.82, 2.24) is 9.97 Å². The fraction of sp³-hybridized carbons (Fsp3) is 0.300. The van der Waals surface area contributed by atoms with Gasteiger partial charge < -0.3 is 4.98 Å². The first-order valence-electron chi connectivity index (χ1n) is 4.32. The standard InChI is InChI=1S/C10H12N2/c1-2-3-9-6-8-4-5-11-10(8)7-12-9/h4-7,11H,2-3H2,1H3. The normalized spacial score (nSPS) is 10.8. The van der Waals surface area contributed by atoms with Gasteiger partial charge in [0, 0.05) is 17.3 Å². The van der Waals surface area contributed by atoms with E-state index in [2.05, 4.69) is 29.0 Å². The third kappa shape index (κ3) is 1.20. The third-order valence-corrected chi connectivity index (χ3v) is 2.00. The van der Waals surface area contributed by atoms with Crippen LogP contribution in [0.25, 0.3) is 10.9 Å². The molecule has 0 aliphatic rings. The zero-order valence-corrected chi connectivity index (χ0v) is 7.17. The van der Waals surface area contributed by atoms with Crippen LogP contribution in [0.3, 0.4) is 0 Å². The van der Waals surface area contributed by atoms with Crippen molar-refractivity contribution in [2.75, 3.05) is 0 Å². The number of hydrogen-bond acceptors (Lipinski definition) is 1. The van der Waals surface area contributed by atoms with Crippen molar-refractivity contribution in [1.29, 1.82) is 0 Å². The van der Waals surface area contributed by atoms with E-state index in [9.17, 15) is 0 Å². The zero-order valence-electron chi connectivity index (χ0n) is 7.17. The van der Waals surface area contributed by atoms with Crippen LogP contribution in [-0.2, 0) is 6.42 Å². The van der Waals surface area contributed by atoms with Crippen LogP contribution in [0.5, 0.6) is 0 Å². The molecule has 62 valence electrons. The largest absolute Gasteiger partial charge is 0.360 e. The zero-order chi connectivity index (χ0) is 8.39. The maximum Gasteiger partial charge on any atom is 0.0640 e. The van der Waals surface area contributed by atoms with E-state index in [0.29, 0.717) is 0 Å². The molecule has 0 atom stereocenters. The fourth-order valence-electron chi connectivity index (χ4n) is 1.39. The van der Waals surface area contributed by atoms with E-state index in [1.165, 1.54) is 11.1 Å². The minimum Gasteiger partial charge on any atom is -0.360 e. The summed E-state index contributed by atoms with van der Waals surface area (Å²) < 4.78 is 0. The number of H-pyrrole nitrogens is 1. The highest BCUT2D eigenvalue weighted by Crippen LogP contribution is 2.12. The molecule has 2 nitrogen and oxygen atoms in total. The Bertz CT molecular complexity index is 376. The van der Waals surface area contributed by atoms with Crippen LogP contribution in [-0.4, -0.2) is 9.97 Å². The number of aromatic nitrogens is 2. The molecule has 0 spiro atoms. The van der Waals surface area contributed by atoms with Crippen molar-refractivity contribution in [3.8, 4) is 0 Å². The first-order valence-corrected chi connectivity index (χ1v) is 4.32. The SMILES string of the molecule is CCCc1cc2cc[nH]c2cn1. The number of nitrogens with one attached hydrogen (secondary N) is 1. The maximum absolute atomic E-state index is 4.34. The van der Waals surface area contributed by atoms with Crippen molar-refractivity contribution < 1.29 is 0 Å². The van der Waals surface area contributed by atoms with Crippen molar-refractivity contribution in [3.05, 3.63) is 30.2 Å². The van der Waals surface area contributed by atoms with Crippen LogP contribution in [0, 0.1) is 0 Å². The van der Waals surface area contributed by atoms with Gasteiger partial charge in [0.15, 0.2) is 0 Å². The second-order valence-electron chi connectivity index (χ2n) is 2.99. The van der Waals surface area contributed by atoms with E-state index < -0.39 is 0 Å². The highest BCUT2D eigenvalue weighted by atomic mass is 14.7. The molecule has 2 heterocycles. The number of aryl methyl sites for hydroxylation is 1. The predicted octanol–water partition coefficient (Wildman–Crippen LogP) is 2.52. The molecule has 12 heavy (non-hydrogen) atoms. The van der Waals surface area contributed by atoms with E-state index >= 15 is 0 Å². The van der Waals surface area contributed by atoms with Gasteiger partial charge in [-0.1, -0.05) is 13.3 Å². The molecule has 0 fully saturated rings. The average Bonchev–Trinajstić information content (AvgIpc) is 2.51. The van der Waals surface area contributed by atoms with Gasteiger partial charge in [0.1, 0.15) is 0 Å². The number of rotatable bonds is 2. The van der Waals surface area contributed by atoms with Crippen LogP contribution < -0.4 is 0 Å². The molecule has 0 radical (unpaired) electrons. The quantitative estimate of drug-likeness (QED) is 0.718. The minimum atomic E-state index is 1.07. The lowest BCUT2D eigenvalue weighted by atomic mass is 10.2. The fourth-order valence-corrected chi connectivity index (χ4v) is 1.39. The van der Waals surface area contributed by atoms with Gasteiger partial charge in [-0.05, 0) is 18.6 Å². The van der Waals surface area contributed by atoms with Gasteiger partial charge in [-0.3, -0.25) is 4.98 Å². The predicted molar refractivity (Wildman–Crippen MR) is 50.1 cm³/mol. The Balaban J connectivity index is 2.46. The Morgan fingerprint density at radius 2 is 2.42 bits per heavy atom. The summed E-state index contributed by atoms with van der Waals surface area (Å²) in [5.74, 6) is 0. The number of hydrogen-bond donors (Lipinski definition) is 1. The maximum atomic E-state index is 4.34. The van der Waals surface area contributed by atoms with E-state index in [1.807, 2.05) is 12.4 Å².